The summed E-state index contributed by atoms with van der Waals surface area (Å²) in [4.78, 5) is 10.5. The van der Waals surface area contributed by atoms with E-state index in [1.807, 2.05) is 0 Å². The maximum atomic E-state index is 11.0. The summed E-state index contributed by atoms with van der Waals surface area (Å²) in [5.41, 5.74) is 0.519. The summed E-state index contributed by atoms with van der Waals surface area (Å²) in [6, 6.07) is 18.0. The highest BCUT2D eigenvalue weighted by Crippen LogP contribution is 2.21. The van der Waals surface area contributed by atoms with Crippen LogP contribution in [0.1, 0.15) is 11.8 Å². The van der Waals surface area contributed by atoms with Gasteiger partial charge in [-0.15, -0.1) is 0 Å². The fourth-order valence-electron chi connectivity index (χ4n) is 1.43. The first-order valence-electron chi connectivity index (χ1n) is 5.08. The van der Waals surface area contributed by atoms with Crippen molar-refractivity contribution in [2.75, 3.05) is 0 Å². The zero-order valence-corrected chi connectivity index (χ0v) is 8.95. The van der Waals surface area contributed by atoms with E-state index in [2.05, 4.69) is 6.07 Å². The second-order valence-corrected chi connectivity index (χ2v) is 3.40. The molecule has 0 aromatic heterocycles. The van der Waals surface area contributed by atoms with E-state index in [0.29, 0.717) is 11.3 Å². The summed E-state index contributed by atoms with van der Waals surface area (Å²) < 4.78 is 5.34. The maximum Gasteiger partial charge on any atom is 0.380 e. The smallest absolute Gasteiger partial charge is 0.380 e. The van der Waals surface area contributed by atoms with Gasteiger partial charge < -0.3 is 4.74 Å². The van der Waals surface area contributed by atoms with Gasteiger partial charge in [-0.1, -0.05) is 30.3 Å². The third-order valence-electron chi connectivity index (χ3n) is 2.21. The van der Waals surface area contributed by atoms with E-state index in [0.717, 1.165) is 0 Å². The summed E-state index contributed by atoms with van der Waals surface area (Å²) in [7, 11) is 0. The first kappa shape index (κ1) is 11.1. The molecule has 2 aromatic carbocycles. The molecule has 1 radical (unpaired) electrons. The molecule has 17 heavy (non-hydrogen) atoms. The van der Waals surface area contributed by atoms with Crippen LogP contribution in [-0.4, -0.2) is 4.92 Å². The average Bonchev–Trinajstić information content (AvgIpc) is 2.38. The first-order chi connectivity index (χ1) is 8.27. The lowest BCUT2D eigenvalue weighted by molar-refractivity contribution is -0.570. The van der Waals surface area contributed by atoms with Crippen molar-refractivity contribution < 1.29 is 9.66 Å². The van der Waals surface area contributed by atoms with E-state index in [-0.39, 0.29) is 0 Å². The number of nitro groups is 1. The lowest BCUT2D eigenvalue weighted by Crippen LogP contribution is -2.17. The van der Waals surface area contributed by atoms with Crippen LogP contribution in [0.2, 0.25) is 0 Å². The lowest BCUT2D eigenvalue weighted by atomic mass is 10.2. The van der Waals surface area contributed by atoms with Crippen LogP contribution >= 0.6 is 0 Å². The van der Waals surface area contributed by atoms with Crippen molar-refractivity contribution in [3.8, 4) is 5.75 Å². The molecule has 0 saturated carbocycles. The van der Waals surface area contributed by atoms with E-state index >= 15 is 0 Å². The fraction of sp³-hybridized carbons (Fsp3) is 0.0769. The highest BCUT2D eigenvalue weighted by Gasteiger charge is 2.24. The van der Waals surface area contributed by atoms with E-state index in [1.165, 1.54) is 0 Å². The van der Waals surface area contributed by atoms with Gasteiger partial charge in [0, 0.05) is 0 Å². The number of benzene rings is 2. The van der Waals surface area contributed by atoms with E-state index in [1.54, 1.807) is 54.6 Å². The summed E-state index contributed by atoms with van der Waals surface area (Å²) in [5, 5.41) is 11.0. The van der Waals surface area contributed by atoms with Crippen molar-refractivity contribution in [2.45, 2.75) is 6.23 Å². The van der Waals surface area contributed by atoms with Gasteiger partial charge in [-0.25, -0.2) is 0 Å². The first-order valence-corrected chi connectivity index (χ1v) is 5.08. The molecule has 0 amide bonds. The normalized spacial score (nSPS) is 11.8. The minimum atomic E-state index is -1.18. The molecular weight excluding hydrogens is 218 g/mol. The molecule has 2 aromatic rings. The zero-order chi connectivity index (χ0) is 12.1. The molecular formula is C13H10NO3. The fourth-order valence-corrected chi connectivity index (χ4v) is 1.43. The summed E-state index contributed by atoms with van der Waals surface area (Å²) in [6.45, 7) is 0. The molecule has 2 rings (SSSR count). The quantitative estimate of drug-likeness (QED) is 0.459. The van der Waals surface area contributed by atoms with Gasteiger partial charge in [0.1, 0.15) is 5.75 Å². The zero-order valence-electron chi connectivity index (χ0n) is 8.95. The molecule has 0 saturated heterocycles. The van der Waals surface area contributed by atoms with Gasteiger partial charge >= 0.3 is 6.23 Å². The van der Waals surface area contributed by atoms with Crippen LogP contribution in [0, 0.1) is 16.2 Å². The van der Waals surface area contributed by atoms with Crippen molar-refractivity contribution in [1.82, 2.24) is 0 Å². The van der Waals surface area contributed by atoms with Crippen molar-refractivity contribution in [2.24, 2.45) is 0 Å². The number of nitrogens with zero attached hydrogens (tertiary/aromatic N) is 1. The molecule has 1 atom stereocenters. The molecule has 4 nitrogen and oxygen atoms in total. The minimum Gasteiger partial charge on any atom is -0.426 e. The van der Waals surface area contributed by atoms with Crippen LogP contribution in [-0.2, 0) is 0 Å². The van der Waals surface area contributed by atoms with Crippen LogP contribution in [0.4, 0.5) is 0 Å². The molecule has 0 aliphatic heterocycles. The Morgan fingerprint density at radius 1 is 1.12 bits per heavy atom. The van der Waals surface area contributed by atoms with E-state index < -0.39 is 11.2 Å². The van der Waals surface area contributed by atoms with Crippen LogP contribution in [0.15, 0.2) is 54.6 Å². The monoisotopic (exact) mass is 228 g/mol. The topological polar surface area (TPSA) is 52.4 Å². The molecule has 4 heteroatoms. The van der Waals surface area contributed by atoms with Gasteiger partial charge in [-0.2, -0.15) is 0 Å². The maximum absolute atomic E-state index is 11.0. The summed E-state index contributed by atoms with van der Waals surface area (Å²) >= 11 is 0. The average molecular weight is 228 g/mol. The number of ether oxygens (including phenoxy) is 1. The predicted molar refractivity (Wildman–Crippen MR) is 62.1 cm³/mol. The number of rotatable bonds is 4. The summed E-state index contributed by atoms with van der Waals surface area (Å²) in [6.07, 6.45) is -1.18. The molecule has 1 unspecified atom stereocenters. The Labute approximate surface area is 98.6 Å². The van der Waals surface area contributed by atoms with Crippen LogP contribution in [0.5, 0.6) is 5.75 Å². The second-order valence-electron chi connectivity index (χ2n) is 3.40. The SMILES string of the molecule is O=[N+]([O-])C(Oc1cc[c]cc1)c1ccccc1. The predicted octanol–water partition coefficient (Wildman–Crippen LogP) is 2.84. The molecule has 0 aliphatic rings. The third kappa shape index (κ3) is 2.81. The summed E-state index contributed by atoms with van der Waals surface area (Å²) in [5.74, 6) is 0.453. The van der Waals surface area contributed by atoms with Crippen LogP contribution in [0.3, 0.4) is 0 Å². The van der Waals surface area contributed by atoms with E-state index in [9.17, 15) is 10.1 Å². The van der Waals surface area contributed by atoms with E-state index in [4.69, 9.17) is 4.74 Å². The standard InChI is InChI=1S/C13H10NO3/c15-14(16)13(11-7-3-1-4-8-11)17-12-9-5-2-6-10-12/h1,3-10,13H. The van der Waals surface area contributed by atoms with Gasteiger partial charge in [-0.3, -0.25) is 10.1 Å². The molecule has 0 bridgehead atoms. The number of hydrogen-bond donors (Lipinski definition) is 0. The molecule has 85 valence electrons. The van der Waals surface area contributed by atoms with Crippen molar-refractivity contribution in [3.05, 3.63) is 76.3 Å². The van der Waals surface area contributed by atoms with Crippen molar-refractivity contribution in [3.63, 3.8) is 0 Å². The Hall–Kier alpha value is -2.36. The highest BCUT2D eigenvalue weighted by molar-refractivity contribution is 5.23. The Balaban J connectivity index is 2.23. The minimum absolute atomic E-state index is 0.452. The molecule has 0 aliphatic carbocycles. The Kier molecular flexibility index (Phi) is 3.35. The van der Waals surface area contributed by atoms with Crippen LogP contribution < -0.4 is 4.74 Å². The lowest BCUT2D eigenvalue weighted by Gasteiger charge is -2.11. The van der Waals surface area contributed by atoms with Crippen LogP contribution in [0.25, 0.3) is 0 Å². The Bertz CT molecular complexity index is 485. The van der Waals surface area contributed by atoms with Gasteiger partial charge in [0.05, 0.1) is 10.5 Å². The molecule has 0 spiro atoms. The molecule has 0 N–H and O–H groups in total. The third-order valence-corrected chi connectivity index (χ3v) is 2.21. The Morgan fingerprint density at radius 3 is 2.35 bits per heavy atom. The van der Waals surface area contributed by atoms with Gasteiger partial charge in [0.2, 0.25) is 0 Å². The van der Waals surface area contributed by atoms with Gasteiger partial charge in [0.25, 0.3) is 0 Å². The second kappa shape index (κ2) is 5.12. The van der Waals surface area contributed by atoms with Gasteiger partial charge in [0.15, 0.2) is 0 Å². The largest absolute Gasteiger partial charge is 0.426 e. The number of hydrogen-bond acceptors (Lipinski definition) is 3. The molecule has 0 fully saturated rings. The highest BCUT2D eigenvalue weighted by atomic mass is 16.7. The molecule has 0 heterocycles. The Morgan fingerprint density at radius 2 is 1.76 bits per heavy atom. The van der Waals surface area contributed by atoms with Crippen molar-refractivity contribution in [1.29, 1.82) is 0 Å². The van der Waals surface area contributed by atoms with Crippen molar-refractivity contribution >= 4 is 0 Å². The van der Waals surface area contributed by atoms with Gasteiger partial charge in [-0.05, 0) is 30.3 Å².